The molecule has 2 N–H and O–H groups in total. The number of aromatic hydroxyl groups is 1. The van der Waals surface area contributed by atoms with Crippen LogP contribution in [0.2, 0.25) is 0 Å². The second kappa shape index (κ2) is 3.57. The lowest BCUT2D eigenvalue weighted by atomic mass is 10.3. The van der Waals surface area contributed by atoms with Gasteiger partial charge < -0.3 is 10.1 Å². The van der Waals surface area contributed by atoms with E-state index in [0.717, 1.165) is 21.7 Å². The molecule has 0 radical (unpaired) electrons. The van der Waals surface area contributed by atoms with Crippen LogP contribution in [0.3, 0.4) is 0 Å². The van der Waals surface area contributed by atoms with E-state index >= 15 is 0 Å². The van der Waals surface area contributed by atoms with Gasteiger partial charge in [-0.15, -0.1) is 22.7 Å². The topological polar surface area (TPSA) is 48.9 Å². The fourth-order valence-corrected chi connectivity index (χ4v) is 4.05. The van der Waals surface area contributed by atoms with E-state index in [-0.39, 0.29) is 5.75 Å². The number of H-pyrrole nitrogens is 1. The Balaban J connectivity index is 1.93. The number of hydrogen-bond donors (Lipinski definition) is 2. The van der Waals surface area contributed by atoms with Crippen molar-refractivity contribution in [2.75, 3.05) is 0 Å². The molecule has 4 aromatic rings. The lowest BCUT2D eigenvalue weighted by Gasteiger charge is -1.88. The van der Waals surface area contributed by atoms with Crippen molar-refractivity contribution < 1.29 is 5.11 Å². The Morgan fingerprint density at radius 3 is 2.94 bits per heavy atom. The largest absolute Gasteiger partial charge is 0.508 e. The van der Waals surface area contributed by atoms with E-state index in [1.807, 2.05) is 6.07 Å². The van der Waals surface area contributed by atoms with Gasteiger partial charge in [0.25, 0.3) is 0 Å². The van der Waals surface area contributed by atoms with Gasteiger partial charge in [-0.1, -0.05) is 0 Å². The quantitative estimate of drug-likeness (QED) is 0.545. The molecule has 0 spiro atoms. The molecule has 1 aromatic carbocycles. The summed E-state index contributed by atoms with van der Waals surface area (Å²) in [6.07, 6.45) is 0. The molecule has 0 atom stereocenters. The number of nitrogens with one attached hydrogen (secondary N) is 1. The molecule has 88 valence electrons. The van der Waals surface area contributed by atoms with Gasteiger partial charge in [-0.2, -0.15) is 0 Å². The van der Waals surface area contributed by atoms with Crippen LogP contribution >= 0.6 is 22.7 Å². The van der Waals surface area contributed by atoms with E-state index in [9.17, 15) is 5.11 Å². The minimum atomic E-state index is 0.255. The van der Waals surface area contributed by atoms with Gasteiger partial charge >= 0.3 is 0 Å². The van der Waals surface area contributed by atoms with Gasteiger partial charge in [0.1, 0.15) is 11.6 Å². The first kappa shape index (κ1) is 10.1. The molecule has 3 nitrogen and oxygen atoms in total. The van der Waals surface area contributed by atoms with E-state index in [2.05, 4.69) is 27.5 Å². The van der Waals surface area contributed by atoms with E-state index in [4.69, 9.17) is 0 Å². The molecule has 0 aliphatic rings. The van der Waals surface area contributed by atoms with Gasteiger partial charge in [-0.05, 0) is 29.6 Å². The van der Waals surface area contributed by atoms with Crippen LogP contribution < -0.4 is 0 Å². The number of thiophene rings is 2. The molecule has 0 amide bonds. The van der Waals surface area contributed by atoms with Crippen molar-refractivity contribution in [2.24, 2.45) is 0 Å². The summed E-state index contributed by atoms with van der Waals surface area (Å²) in [6.45, 7) is 0. The Hall–Kier alpha value is -1.85. The fraction of sp³-hybridized carbons (Fsp3) is 0. The molecule has 3 heterocycles. The predicted molar refractivity (Wildman–Crippen MR) is 76.5 cm³/mol. The Labute approximate surface area is 110 Å². The summed E-state index contributed by atoms with van der Waals surface area (Å²) in [6, 6.07) is 9.45. The number of imidazole rings is 1. The SMILES string of the molecule is Oc1ccc2nc(-c3cc4sccc4s3)[nH]c2c1. The lowest BCUT2D eigenvalue weighted by Crippen LogP contribution is -1.72. The van der Waals surface area contributed by atoms with Crippen LogP contribution in [0.1, 0.15) is 0 Å². The third kappa shape index (κ3) is 1.45. The van der Waals surface area contributed by atoms with E-state index in [0.29, 0.717) is 0 Å². The Bertz CT molecular complexity index is 828. The third-order valence-electron chi connectivity index (χ3n) is 2.84. The lowest BCUT2D eigenvalue weighted by molar-refractivity contribution is 0.476. The van der Waals surface area contributed by atoms with E-state index in [1.54, 1.807) is 34.8 Å². The van der Waals surface area contributed by atoms with E-state index in [1.165, 1.54) is 9.40 Å². The fourth-order valence-electron chi connectivity index (χ4n) is 2.00. The van der Waals surface area contributed by atoms with Crippen molar-refractivity contribution in [3.63, 3.8) is 0 Å². The average molecular weight is 272 g/mol. The minimum absolute atomic E-state index is 0.255. The molecule has 4 rings (SSSR count). The van der Waals surface area contributed by atoms with Crippen molar-refractivity contribution in [1.29, 1.82) is 0 Å². The molecule has 0 saturated carbocycles. The van der Waals surface area contributed by atoms with Gasteiger partial charge in [0.05, 0.1) is 15.9 Å². The number of aromatic amines is 1. The highest BCUT2D eigenvalue weighted by atomic mass is 32.1. The summed E-state index contributed by atoms with van der Waals surface area (Å²) in [5, 5.41) is 11.5. The molecule has 18 heavy (non-hydrogen) atoms. The maximum Gasteiger partial charge on any atom is 0.148 e. The smallest absolute Gasteiger partial charge is 0.148 e. The summed E-state index contributed by atoms with van der Waals surface area (Å²) >= 11 is 3.47. The maximum absolute atomic E-state index is 9.45. The van der Waals surface area contributed by atoms with Crippen molar-refractivity contribution in [1.82, 2.24) is 9.97 Å². The summed E-state index contributed by atoms with van der Waals surface area (Å²) < 4.78 is 2.58. The summed E-state index contributed by atoms with van der Waals surface area (Å²) in [7, 11) is 0. The Kier molecular flexibility index (Phi) is 2.00. The van der Waals surface area contributed by atoms with Gasteiger partial charge in [0, 0.05) is 15.5 Å². The van der Waals surface area contributed by atoms with Crippen molar-refractivity contribution in [3.8, 4) is 16.5 Å². The molecule has 0 bridgehead atoms. The highest BCUT2D eigenvalue weighted by Gasteiger charge is 2.09. The molecule has 0 unspecified atom stereocenters. The molecule has 0 fully saturated rings. The molecule has 0 aliphatic heterocycles. The highest BCUT2D eigenvalue weighted by Crippen LogP contribution is 2.35. The molecule has 5 heteroatoms. The number of hydrogen-bond acceptors (Lipinski definition) is 4. The van der Waals surface area contributed by atoms with Crippen LogP contribution in [0, 0.1) is 0 Å². The van der Waals surface area contributed by atoms with Crippen LogP contribution in [0.15, 0.2) is 35.7 Å². The number of phenolic OH excluding ortho intramolecular Hbond substituents is 1. The van der Waals surface area contributed by atoms with Gasteiger partial charge in [0.15, 0.2) is 0 Å². The normalized spacial score (nSPS) is 11.6. The average Bonchev–Trinajstić information content (AvgIpc) is 2.99. The van der Waals surface area contributed by atoms with Crippen molar-refractivity contribution in [2.45, 2.75) is 0 Å². The highest BCUT2D eigenvalue weighted by molar-refractivity contribution is 7.28. The number of aromatic nitrogens is 2. The van der Waals surface area contributed by atoms with Crippen LogP contribution in [0.25, 0.3) is 31.1 Å². The predicted octanol–water partition coefficient (Wildman–Crippen LogP) is 4.21. The molecule has 0 saturated heterocycles. The standard InChI is InChI=1S/C13H8N2OS2/c16-7-1-2-8-9(5-7)15-13(14-8)12-6-11-10(18-12)3-4-17-11/h1-6,16H,(H,14,15). The Morgan fingerprint density at radius 2 is 2.06 bits per heavy atom. The minimum Gasteiger partial charge on any atom is -0.508 e. The number of rotatable bonds is 1. The van der Waals surface area contributed by atoms with Crippen molar-refractivity contribution >= 4 is 43.1 Å². The van der Waals surface area contributed by atoms with Crippen molar-refractivity contribution in [3.05, 3.63) is 35.7 Å². The first-order chi connectivity index (χ1) is 8.79. The number of phenols is 1. The summed E-state index contributed by atoms with van der Waals surface area (Å²) in [5.41, 5.74) is 1.74. The number of benzene rings is 1. The van der Waals surface area contributed by atoms with Crippen LogP contribution in [0.5, 0.6) is 5.75 Å². The van der Waals surface area contributed by atoms with Crippen LogP contribution in [-0.4, -0.2) is 15.1 Å². The number of fused-ring (bicyclic) bond motifs is 2. The van der Waals surface area contributed by atoms with Crippen LogP contribution in [-0.2, 0) is 0 Å². The monoisotopic (exact) mass is 272 g/mol. The summed E-state index contributed by atoms with van der Waals surface area (Å²) in [5.74, 6) is 1.12. The Morgan fingerprint density at radius 1 is 1.11 bits per heavy atom. The molecule has 0 aliphatic carbocycles. The molecule has 3 aromatic heterocycles. The second-order valence-corrected chi connectivity index (χ2v) is 6.08. The van der Waals surface area contributed by atoms with Gasteiger partial charge in [0.2, 0.25) is 0 Å². The van der Waals surface area contributed by atoms with Gasteiger partial charge in [-0.25, -0.2) is 4.98 Å². The molecular formula is C13H8N2OS2. The van der Waals surface area contributed by atoms with Gasteiger partial charge in [-0.3, -0.25) is 0 Å². The second-order valence-electron chi connectivity index (χ2n) is 4.05. The zero-order valence-electron chi connectivity index (χ0n) is 9.18. The third-order valence-corrected chi connectivity index (χ3v) is 4.94. The number of nitrogens with zero attached hydrogens (tertiary/aromatic N) is 1. The first-order valence-electron chi connectivity index (χ1n) is 5.46. The first-order valence-corrected chi connectivity index (χ1v) is 7.15. The van der Waals surface area contributed by atoms with E-state index < -0.39 is 0 Å². The summed E-state index contributed by atoms with van der Waals surface area (Å²) in [4.78, 5) is 8.93. The maximum atomic E-state index is 9.45. The zero-order valence-corrected chi connectivity index (χ0v) is 10.8. The zero-order chi connectivity index (χ0) is 12.1. The molecular weight excluding hydrogens is 264 g/mol. The van der Waals surface area contributed by atoms with Crippen LogP contribution in [0.4, 0.5) is 0 Å².